The van der Waals surface area contributed by atoms with Crippen molar-refractivity contribution in [3.8, 4) is 0 Å². The number of primary amides is 1. The van der Waals surface area contributed by atoms with Gasteiger partial charge in [-0.1, -0.05) is 11.6 Å². The molecule has 0 saturated heterocycles. The molecule has 0 atom stereocenters. The van der Waals surface area contributed by atoms with Gasteiger partial charge in [0.1, 0.15) is 0 Å². The number of amides is 1. The summed E-state index contributed by atoms with van der Waals surface area (Å²) in [5.74, 6) is -0.581. The Labute approximate surface area is 115 Å². The van der Waals surface area contributed by atoms with E-state index in [9.17, 15) is 4.79 Å². The summed E-state index contributed by atoms with van der Waals surface area (Å²) < 4.78 is 1.69. The van der Waals surface area contributed by atoms with E-state index in [1.165, 1.54) is 6.07 Å². The van der Waals surface area contributed by atoms with Crippen molar-refractivity contribution in [2.75, 3.05) is 11.1 Å². The van der Waals surface area contributed by atoms with Gasteiger partial charge in [-0.15, -0.1) is 0 Å². The number of anilines is 2. The number of nitrogen functional groups attached to an aromatic ring is 1. The van der Waals surface area contributed by atoms with E-state index in [0.717, 1.165) is 5.56 Å². The Hall–Kier alpha value is -2.21. The number of rotatable bonds is 4. The van der Waals surface area contributed by atoms with Crippen LogP contribution < -0.4 is 16.8 Å². The van der Waals surface area contributed by atoms with E-state index in [-0.39, 0.29) is 5.56 Å². The second kappa shape index (κ2) is 5.19. The molecule has 0 bridgehead atoms. The molecule has 2 aromatic rings. The van der Waals surface area contributed by atoms with Crippen LogP contribution in [0, 0.1) is 0 Å². The van der Waals surface area contributed by atoms with Crippen molar-refractivity contribution in [3.05, 3.63) is 40.7 Å². The van der Waals surface area contributed by atoms with Crippen molar-refractivity contribution in [1.82, 2.24) is 9.78 Å². The van der Waals surface area contributed by atoms with Crippen LogP contribution in [0.2, 0.25) is 5.02 Å². The molecule has 100 valence electrons. The number of hydrogen-bond donors (Lipinski definition) is 3. The highest BCUT2D eigenvalue weighted by atomic mass is 35.5. The minimum atomic E-state index is -0.581. The molecule has 0 aliphatic rings. The smallest absolute Gasteiger partial charge is 0.250 e. The lowest BCUT2D eigenvalue weighted by atomic mass is 10.1. The molecule has 0 saturated carbocycles. The molecule has 7 heteroatoms. The van der Waals surface area contributed by atoms with E-state index in [2.05, 4.69) is 10.4 Å². The number of aromatic nitrogens is 2. The molecule has 0 unspecified atom stereocenters. The van der Waals surface area contributed by atoms with Crippen LogP contribution in [0.1, 0.15) is 15.9 Å². The number of aryl methyl sites for hydroxylation is 1. The first kappa shape index (κ1) is 13.2. The summed E-state index contributed by atoms with van der Waals surface area (Å²) in [5.41, 5.74) is 13.1. The minimum Gasteiger partial charge on any atom is -0.399 e. The monoisotopic (exact) mass is 279 g/mol. The van der Waals surface area contributed by atoms with Gasteiger partial charge in [-0.25, -0.2) is 0 Å². The van der Waals surface area contributed by atoms with Crippen molar-refractivity contribution in [3.63, 3.8) is 0 Å². The first-order chi connectivity index (χ1) is 8.97. The normalized spacial score (nSPS) is 10.4. The van der Waals surface area contributed by atoms with Gasteiger partial charge in [-0.3, -0.25) is 9.48 Å². The first-order valence-corrected chi connectivity index (χ1v) is 5.95. The van der Waals surface area contributed by atoms with Crippen molar-refractivity contribution >= 4 is 28.9 Å². The Bertz CT molecular complexity index is 623. The topological polar surface area (TPSA) is 99.0 Å². The van der Waals surface area contributed by atoms with Gasteiger partial charge in [0.25, 0.3) is 5.91 Å². The van der Waals surface area contributed by atoms with Crippen LogP contribution in [-0.2, 0) is 13.6 Å². The number of halogens is 1. The Balaban J connectivity index is 2.26. The maximum Gasteiger partial charge on any atom is 0.250 e. The molecule has 1 heterocycles. The van der Waals surface area contributed by atoms with Gasteiger partial charge in [-0.2, -0.15) is 5.10 Å². The SMILES string of the molecule is Cn1cc(CNc2c(Cl)cc(N)cc2C(N)=O)cn1. The zero-order valence-corrected chi connectivity index (χ0v) is 11.1. The van der Waals surface area contributed by atoms with E-state index >= 15 is 0 Å². The molecule has 0 spiro atoms. The quantitative estimate of drug-likeness (QED) is 0.736. The highest BCUT2D eigenvalue weighted by Gasteiger charge is 2.13. The molecule has 1 aromatic heterocycles. The lowest BCUT2D eigenvalue weighted by Crippen LogP contribution is -2.15. The number of nitrogens with one attached hydrogen (secondary N) is 1. The molecule has 0 aliphatic carbocycles. The van der Waals surface area contributed by atoms with E-state index in [4.69, 9.17) is 23.1 Å². The summed E-state index contributed by atoms with van der Waals surface area (Å²) in [6.45, 7) is 0.484. The molecule has 5 N–H and O–H groups in total. The Morgan fingerprint density at radius 1 is 1.53 bits per heavy atom. The molecule has 0 aliphatic heterocycles. The second-order valence-electron chi connectivity index (χ2n) is 4.17. The zero-order valence-electron chi connectivity index (χ0n) is 10.4. The van der Waals surface area contributed by atoms with Crippen molar-refractivity contribution < 1.29 is 4.79 Å². The summed E-state index contributed by atoms with van der Waals surface area (Å²) in [5, 5.41) is 7.49. The van der Waals surface area contributed by atoms with Gasteiger partial charge in [0.05, 0.1) is 22.5 Å². The molecule has 2 rings (SSSR count). The molecule has 0 fully saturated rings. The maximum absolute atomic E-state index is 11.4. The van der Waals surface area contributed by atoms with E-state index in [1.807, 2.05) is 13.2 Å². The third-order valence-electron chi connectivity index (χ3n) is 2.61. The minimum absolute atomic E-state index is 0.272. The van der Waals surface area contributed by atoms with Gasteiger partial charge in [-0.05, 0) is 12.1 Å². The predicted octanol–water partition coefficient (Wildman–Crippen LogP) is 1.37. The number of carbonyl (C=O) groups excluding carboxylic acids is 1. The Morgan fingerprint density at radius 2 is 2.26 bits per heavy atom. The number of carbonyl (C=O) groups is 1. The lowest BCUT2D eigenvalue weighted by Gasteiger charge is -2.12. The molecular weight excluding hydrogens is 266 g/mol. The summed E-state index contributed by atoms with van der Waals surface area (Å²) in [7, 11) is 1.83. The molecule has 6 nitrogen and oxygen atoms in total. The summed E-state index contributed by atoms with van der Waals surface area (Å²) in [6.07, 6.45) is 3.59. The highest BCUT2D eigenvalue weighted by Crippen LogP contribution is 2.29. The predicted molar refractivity (Wildman–Crippen MR) is 74.9 cm³/mol. The van der Waals surface area contributed by atoms with Crippen LogP contribution >= 0.6 is 11.6 Å². The van der Waals surface area contributed by atoms with E-state index in [1.54, 1.807) is 16.9 Å². The van der Waals surface area contributed by atoms with Crippen LogP contribution in [0.5, 0.6) is 0 Å². The summed E-state index contributed by atoms with van der Waals surface area (Å²) >= 11 is 6.08. The third kappa shape index (κ3) is 2.97. The average molecular weight is 280 g/mol. The van der Waals surface area contributed by atoms with Gasteiger partial charge in [0, 0.05) is 31.0 Å². The molecule has 1 aromatic carbocycles. The third-order valence-corrected chi connectivity index (χ3v) is 2.90. The first-order valence-electron chi connectivity index (χ1n) is 5.57. The van der Waals surface area contributed by atoms with Gasteiger partial charge >= 0.3 is 0 Å². The Kier molecular flexibility index (Phi) is 3.62. The molecule has 19 heavy (non-hydrogen) atoms. The molecule has 1 amide bonds. The Morgan fingerprint density at radius 3 is 2.84 bits per heavy atom. The van der Waals surface area contributed by atoms with Crippen LogP contribution in [-0.4, -0.2) is 15.7 Å². The number of benzene rings is 1. The highest BCUT2D eigenvalue weighted by molar-refractivity contribution is 6.34. The van der Waals surface area contributed by atoms with Crippen LogP contribution in [0.4, 0.5) is 11.4 Å². The van der Waals surface area contributed by atoms with Crippen molar-refractivity contribution in [2.24, 2.45) is 12.8 Å². The fourth-order valence-corrected chi connectivity index (χ4v) is 2.05. The van der Waals surface area contributed by atoms with Crippen molar-refractivity contribution in [1.29, 1.82) is 0 Å². The van der Waals surface area contributed by atoms with Crippen LogP contribution in [0.3, 0.4) is 0 Å². The number of nitrogens with two attached hydrogens (primary N) is 2. The van der Waals surface area contributed by atoms with Gasteiger partial charge in [0.15, 0.2) is 0 Å². The average Bonchev–Trinajstić information content (AvgIpc) is 2.73. The zero-order chi connectivity index (χ0) is 14.0. The summed E-state index contributed by atoms with van der Waals surface area (Å²) in [4.78, 5) is 11.4. The largest absolute Gasteiger partial charge is 0.399 e. The van der Waals surface area contributed by atoms with Crippen molar-refractivity contribution in [2.45, 2.75) is 6.54 Å². The van der Waals surface area contributed by atoms with Crippen LogP contribution in [0.25, 0.3) is 0 Å². The standard InChI is InChI=1S/C12H14ClN5O/c1-18-6-7(5-17-18)4-16-11-9(12(15)19)2-8(14)3-10(11)13/h2-3,5-6,16H,4,14H2,1H3,(H2,15,19). The fourth-order valence-electron chi connectivity index (χ4n) is 1.76. The molecule has 0 radical (unpaired) electrons. The molecular formula is C12H14ClN5O. The lowest BCUT2D eigenvalue weighted by molar-refractivity contribution is 0.100. The van der Waals surface area contributed by atoms with E-state index < -0.39 is 5.91 Å². The van der Waals surface area contributed by atoms with E-state index in [0.29, 0.717) is 22.9 Å². The van der Waals surface area contributed by atoms with Gasteiger partial charge in [0.2, 0.25) is 0 Å². The summed E-state index contributed by atoms with van der Waals surface area (Å²) in [6, 6.07) is 3.07. The maximum atomic E-state index is 11.4. The fraction of sp³-hybridized carbons (Fsp3) is 0.167. The number of nitrogens with zero attached hydrogens (tertiary/aromatic N) is 2. The van der Waals surface area contributed by atoms with Crippen LogP contribution in [0.15, 0.2) is 24.5 Å². The number of hydrogen-bond acceptors (Lipinski definition) is 4. The second-order valence-corrected chi connectivity index (χ2v) is 4.57. The van der Waals surface area contributed by atoms with Gasteiger partial charge < -0.3 is 16.8 Å².